The van der Waals surface area contributed by atoms with Crippen molar-refractivity contribution in [2.75, 3.05) is 54.0 Å². The number of rotatable bonds is 8. The van der Waals surface area contributed by atoms with Crippen LogP contribution in [0.3, 0.4) is 0 Å². The predicted molar refractivity (Wildman–Crippen MR) is 123 cm³/mol. The van der Waals surface area contributed by atoms with E-state index in [0.29, 0.717) is 12.3 Å². The number of hydrogen-bond acceptors (Lipinski definition) is 6. The second kappa shape index (κ2) is 11.5. The van der Waals surface area contributed by atoms with Crippen molar-refractivity contribution < 1.29 is 19.1 Å². The Labute approximate surface area is 189 Å². The van der Waals surface area contributed by atoms with Gasteiger partial charge in [0.2, 0.25) is 0 Å². The van der Waals surface area contributed by atoms with Crippen LogP contribution in [0.5, 0.6) is 11.5 Å². The summed E-state index contributed by atoms with van der Waals surface area (Å²) in [5.74, 6) is 0.197. The van der Waals surface area contributed by atoms with Gasteiger partial charge in [-0.05, 0) is 42.4 Å². The van der Waals surface area contributed by atoms with Crippen molar-refractivity contribution in [2.24, 2.45) is 0 Å². The first-order valence-corrected chi connectivity index (χ1v) is 10.8. The highest BCUT2D eigenvalue weighted by Crippen LogP contribution is 2.24. The number of likely N-dealkylation sites (N-methyl/N-ethyl adjacent to an activating group) is 1. The Hall–Kier alpha value is -3.10. The van der Waals surface area contributed by atoms with Crippen molar-refractivity contribution in [1.82, 2.24) is 20.4 Å². The number of methoxy groups -OCH3 is 2. The van der Waals surface area contributed by atoms with Gasteiger partial charge in [-0.2, -0.15) is 0 Å². The van der Waals surface area contributed by atoms with Crippen molar-refractivity contribution >= 4 is 11.8 Å². The van der Waals surface area contributed by atoms with Gasteiger partial charge >= 0.3 is 11.8 Å². The van der Waals surface area contributed by atoms with E-state index in [1.54, 1.807) is 14.2 Å². The third-order valence-electron chi connectivity index (χ3n) is 5.73. The summed E-state index contributed by atoms with van der Waals surface area (Å²) in [7, 11) is 5.33. The summed E-state index contributed by atoms with van der Waals surface area (Å²) in [5.41, 5.74) is 1.94. The number of carbonyl (C=O) groups is 2. The van der Waals surface area contributed by atoms with Gasteiger partial charge < -0.3 is 25.0 Å². The highest BCUT2D eigenvalue weighted by Gasteiger charge is 2.25. The number of piperazine rings is 1. The molecule has 1 atom stereocenters. The fourth-order valence-electron chi connectivity index (χ4n) is 3.73. The van der Waals surface area contributed by atoms with E-state index >= 15 is 0 Å². The van der Waals surface area contributed by atoms with Crippen LogP contribution < -0.4 is 20.1 Å². The van der Waals surface area contributed by atoms with Crippen LogP contribution in [0.25, 0.3) is 0 Å². The van der Waals surface area contributed by atoms with Crippen LogP contribution in [-0.2, 0) is 16.1 Å². The van der Waals surface area contributed by atoms with Crippen molar-refractivity contribution in [1.29, 1.82) is 0 Å². The Morgan fingerprint density at radius 2 is 1.56 bits per heavy atom. The number of carbonyl (C=O) groups excluding carboxylic acids is 2. The van der Waals surface area contributed by atoms with Crippen LogP contribution in [-0.4, -0.2) is 75.6 Å². The van der Waals surface area contributed by atoms with Crippen LogP contribution in [0.4, 0.5) is 0 Å². The van der Waals surface area contributed by atoms with Crippen LogP contribution in [0.2, 0.25) is 0 Å². The molecule has 1 saturated heterocycles. The largest absolute Gasteiger partial charge is 0.497 e. The third-order valence-corrected chi connectivity index (χ3v) is 5.73. The van der Waals surface area contributed by atoms with Gasteiger partial charge in [0.05, 0.1) is 20.3 Å². The molecule has 3 rings (SSSR count). The summed E-state index contributed by atoms with van der Waals surface area (Å²) < 4.78 is 10.5. The Bertz CT molecular complexity index is 895. The molecule has 8 nitrogen and oxygen atoms in total. The minimum atomic E-state index is -0.653. The Kier molecular flexibility index (Phi) is 8.47. The number of amides is 2. The number of nitrogens with one attached hydrogen (secondary N) is 2. The van der Waals surface area contributed by atoms with Gasteiger partial charge in [-0.15, -0.1) is 0 Å². The lowest BCUT2D eigenvalue weighted by atomic mass is 10.0. The highest BCUT2D eigenvalue weighted by molar-refractivity contribution is 6.35. The second-order valence-corrected chi connectivity index (χ2v) is 7.87. The maximum atomic E-state index is 12.5. The predicted octanol–water partition coefficient (Wildman–Crippen LogP) is 1.42. The zero-order valence-corrected chi connectivity index (χ0v) is 19.0. The molecule has 1 aliphatic heterocycles. The summed E-state index contributed by atoms with van der Waals surface area (Å²) >= 11 is 0. The topological polar surface area (TPSA) is 83.1 Å². The molecule has 0 radical (unpaired) electrons. The standard InChI is InChI=1S/C24H32N4O4/c1-27-11-13-28(14-12-27)22(19-7-9-20(31-2)10-8-19)17-26-24(30)23(29)25-16-18-5-4-6-21(15-18)32-3/h4-10,15,22H,11-14,16-17H2,1-3H3,(H,25,29)(H,26,30). The normalized spacial score (nSPS) is 15.6. The number of nitrogens with zero attached hydrogens (tertiary/aromatic N) is 2. The zero-order chi connectivity index (χ0) is 22.9. The van der Waals surface area contributed by atoms with Crippen LogP contribution in [0.1, 0.15) is 17.2 Å². The molecule has 2 N–H and O–H groups in total. The van der Waals surface area contributed by atoms with Gasteiger partial charge in [0.25, 0.3) is 0 Å². The number of hydrogen-bond donors (Lipinski definition) is 2. The molecule has 172 valence electrons. The fourth-order valence-corrected chi connectivity index (χ4v) is 3.73. The van der Waals surface area contributed by atoms with Crippen LogP contribution >= 0.6 is 0 Å². The molecule has 0 bridgehead atoms. The van der Waals surface area contributed by atoms with Gasteiger partial charge in [0, 0.05) is 39.3 Å². The van der Waals surface area contributed by atoms with E-state index in [1.165, 1.54) is 0 Å². The summed E-state index contributed by atoms with van der Waals surface area (Å²) in [6.07, 6.45) is 0. The smallest absolute Gasteiger partial charge is 0.309 e. The summed E-state index contributed by atoms with van der Waals surface area (Å²) in [5, 5.41) is 5.49. The molecule has 1 fully saturated rings. The average Bonchev–Trinajstić information content (AvgIpc) is 2.84. The fraction of sp³-hybridized carbons (Fsp3) is 0.417. The molecule has 1 heterocycles. The molecule has 1 aliphatic rings. The van der Waals surface area contributed by atoms with Gasteiger partial charge in [-0.1, -0.05) is 24.3 Å². The molecule has 0 spiro atoms. The lowest BCUT2D eigenvalue weighted by molar-refractivity contribution is -0.139. The van der Waals surface area contributed by atoms with Gasteiger partial charge in [-0.25, -0.2) is 0 Å². The minimum Gasteiger partial charge on any atom is -0.497 e. The van der Waals surface area contributed by atoms with Crippen molar-refractivity contribution in [2.45, 2.75) is 12.6 Å². The first-order chi connectivity index (χ1) is 15.5. The molecule has 2 amide bonds. The molecule has 1 unspecified atom stereocenters. The summed E-state index contributed by atoms with van der Waals surface area (Å²) in [6, 6.07) is 15.2. The van der Waals surface area contributed by atoms with Crippen LogP contribution in [0, 0.1) is 0 Å². The second-order valence-electron chi connectivity index (χ2n) is 7.87. The molecule has 8 heteroatoms. The van der Waals surface area contributed by atoms with E-state index < -0.39 is 11.8 Å². The van der Waals surface area contributed by atoms with Gasteiger partial charge in [0.15, 0.2) is 0 Å². The molecular formula is C24H32N4O4. The molecule has 0 aliphatic carbocycles. The Balaban J connectivity index is 1.59. The molecule has 2 aromatic rings. The average molecular weight is 441 g/mol. The third kappa shape index (κ3) is 6.45. The number of ether oxygens (including phenoxy) is 2. The van der Waals surface area contributed by atoms with Gasteiger partial charge in [-0.3, -0.25) is 14.5 Å². The van der Waals surface area contributed by atoms with E-state index in [4.69, 9.17) is 9.47 Å². The zero-order valence-electron chi connectivity index (χ0n) is 19.0. The molecule has 2 aromatic carbocycles. The first kappa shape index (κ1) is 23.6. The quantitative estimate of drug-likeness (QED) is 0.605. The van der Waals surface area contributed by atoms with Gasteiger partial charge in [0.1, 0.15) is 11.5 Å². The van der Waals surface area contributed by atoms with E-state index in [0.717, 1.165) is 43.1 Å². The van der Waals surface area contributed by atoms with E-state index in [-0.39, 0.29) is 12.6 Å². The monoisotopic (exact) mass is 440 g/mol. The van der Waals surface area contributed by atoms with Crippen molar-refractivity contribution in [3.63, 3.8) is 0 Å². The van der Waals surface area contributed by atoms with E-state index in [9.17, 15) is 9.59 Å². The maximum absolute atomic E-state index is 12.5. The first-order valence-electron chi connectivity index (χ1n) is 10.8. The number of benzene rings is 2. The lowest BCUT2D eigenvalue weighted by Gasteiger charge is -2.38. The summed E-state index contributed by atoms with van der Waals surface area (Å²) in [4.78, 5) is 29.4. The molecular weight excluding hydrogens is 408 g/mol. The van der Waals surface area contributed by atoms with E-state index in [1.807, 2.05) is 48.5 Å². The highest BCUT2D eigenvalue weighted by atomic mass is 16.5. The maximum Gasteiger partial charge on any atom is 0.309 e. The lowest BCUT2D eigenvalue weighted by Crippen LogP contribution is -2.49. The van der Waals surface area contributed by atoms with Crippen molar-refractivity contribution in [3.8, 4) is 11.5 Å². The molecule has 32 heavy (non-hydrogen) atoms. The van der Waals surface area contributed by atoms with Crippen molar-refractivity contribution in [3.05, 3.63) is 59.7 Å². The Morgan fingerprint density at radius 3 is 2.22 bits per heavy atom. The minimum absolute atomic E-state index is 0.0234. The van der Waals surface area contributed by atoms with Crippen LogP contribution in [0.15, 0.2) is 48.5 Å². The Morgan fingerprint density at radius 1 is 0.906 bits per heavy atom. The SMILES string of the molecule is COc1ccc(C(CNC(=O)C(=O)NCc2cccc(OC)c2)N2CCN(C)CC2)cc1. The molecule has 0 saturated carbocycles. The van der Waals surface area contributed by atoms with E-state index in [2.05, 4.69) is 27.5 Å². The molecule has 0 aromatic heterocycles. The summed E-state index contributed by atoms with van der Waals surface area (Å²) in [6.45, 7) is 4.31.